The quantitative estimate of drug-likeness (QED) is 0.671. The standard InChI is InChI=1S/C8H6Cl4O3S/c9-7(8(10,11)12,16(13,14)15)6-4-2-1-3-5-6/h1-5H,(H,13,14,15). The van der Waals surface area contributed by atoms with Crippen LogP contribution in [0.1, 0.15) is 5.56 Å². The van der Waals surface area contributed by atoms with Crippen LogP contribution in [0.25, 0.3) is 0 Å². The molecule has 0 saturated carbocycles. The highest BCUT2D eigenvalue weighted by Gasteiger charge is 2.58. The Labute approximate surface area is 113 Å². The zero-order valence-electron chi connectivity index (χ0n) is 7.57. The molecule has 0 aliphatic carbocycles. The molecule has 0 bridgehead atoms. The molecule has 8 heteroatoms. The molecule has 1 aromatic rings. The van der Waals surface area contributed by atoms with E-state index >= 15 is 0 Å². The average Bonchev–Trinajstić information content (AvgIpc) is 2.14. The first kappa shape index (κ1) is 14.4. The largest absolute Gasteiger partial charge is 0.293 e. The number of benzene rings is 1. The molecule has 1 atom stereocenters. The molecule has 0 aliphatic rings. The molecular formula is C8H6Cl4O3S. The molecule has 0 aromatic heterocycles. The van der Waals surface area contributed by atoms with E-state index < -0.39 is 18.1 Å². The number of alkyl halides is 4. The Kier molecular flexibility index (Phi) is 4.05. The first-order valence-electron chi connectivity index (χ1n) is 3.89. The van der Waals surface area contributed by atoms with E-state index in [0.717, 1.165) is 0 Å². The summed E-state index contributed by atoms with van der Waals surface area (Å²) in [5.41, 5.74) is -0.0285. The van der Waals surface area contributed by atoms with E-state index in [9.17, 15) is 8.42 Å². The first-order chi connectivity index (χ1) is 7.11. The lowest BCUT2D eigenvalue weighted by Crippen LogP contribution is -2.41. The summed E-state index contributed by atoms with van der Waals surface area (Å²) < 4.78 is 26.7. The van der Waals surface area contributed by atoms with Crippen molar-refractivity contribution in [2.24, 2.45) is 0 Å². The van der Waals surface area contributed by atoms with Crippen molar-refractivity contribution in [2.45, 2.75) is 8.00 Å². The molecule has 0 fully saturated rings. The van der Waals surface area contributed by atoms with Gasteiger partial charge in [0, 0.05) is 0 Å². The van der Waals surface area contributed by atoms with Crippen molar-refractivity contribution in [2.75, 3.05) is 0 Å². The molecular weight excluding hydrogens is 318 g/mol. The molecule has 1 unspecified atom stereocenters. The Bertz CT molecular complexity index is 468. The number of halogens is 4. The minimum atomic E-state index is -4.81. The molecule has 0 spiro atoms. The van der Waals surface area contributed by atoms with Crippen LogP contribution in [-0.4, -0.2) is 16.8 Å². The van der Waals surface area contributed by atoms with Gasteiger partial charge < -0.3 is 0 Å². The van der Waals surface area contributed by atoms with E-state index in [4.69, 9.17) is 51.0 Å². The van der Waals surface area contributed by atoms with Gasteiger partial charge in [0.15, 0.2) is 0 Å². The highest BCUT2D eigenvalue weighted by Crippen LogP contribution is 2.52. The highest BCUT2D eigenvalue weighted by molar-refractivity contribution is 7.88. The molecule has 1 aromatic carbocycles. The summed E-state index contributed by atoms with van der Waals surface area (Å²) in [7, 11) is -4.81. The van der Waals surface area contributed by atoms with Gasteiger partial charge in [0.2, 0.25) is 8.00 Å². The van der Waals surface area contributed by atoms with Crippen LogP contribution in [0.4, 0.5) is 0 Å². The van der Waals surface area contributed by atoms with Crippen LogP contribution in [0.15, 0.2) is 30.3 Å². The third-order valence-electron chi connectivity index (χ3n) is 1.87. The fraction of sp³-hybridized carbons (Fsp3) is 0.250. The summed E-state index contributed by atoms with van der Waals surface area (Å²) in [6, 6.07) is 7.32. The third kappa shape index (κ3) is 2.42. The fourth-order valence-corrected chi connectivity index (χ4v) is 3.17. The van der Waals surface area contributed by atoms with Crippen molar-refractivity contribution in [1.29, 1.82) is 0 Å². The third-order valence-corrected chi connectivity index (χ3v) is 5.68. The summed E-state index contributed by atoms with van der Waals surface area (Å²) in [6.45, 7) is 0. The maximum Gasteiger partial charge on any atom is 0.293 e. The average molecular weight is 324 g/mol. The first-order valence-corrected chi connectivity index (χ1v) is 6.84. The van der Waals surface area contributed by atoms with Crippen molar-refractivity contribution in [3.8, 4) is 0 Å². The van der Waals surface area contributed by atoms with Gasteiger partial charge in [-0.15, -0.1) is 0 Å². The maximum absolute atomic E-state index is 11.3. The maximum atomic E-state index is 11.3. The van der Waals surface area contributed by atoms with E-state index in [1.54, 1.807) is 6.07 Å². The van der Waals surface area contributed by atoms with E-state index in [0.29, 0.717) is 0 Å². The number of rotatable bonds is 2. The van der Waals surface area contributed by atoms with Gasteiger partial charge in [-0.1, -0.05) is 76.7 Å². The van der Waals surface area contributed by atoms with Gasteiger partial charge >= 0.3 is 0 Å². The SMILES string of the molecule is O=S(=O)(O)C(Cl)(c1ccccc1)C(Cl)(Cl)Cl. The second kappa shape index (κ2) is 4.52. The summed E-state index contributed by atoms with van der Waals surface area (Å²) in [5, 5.41) is 0. The van der Waals surface area contributed by atoms with Crippen molar-refractivity contribution in [3.05, 3.63) is 35.9 Å². The van der Waals surface area contributed by atoms with E-state index in [-0.39, 0.29) is 5.56 Å². The van der Waals surface area contributed by atoms with Crippen LogP contribution < -0.4 is 0 Å². The lowest BCUT2D eigenvalue weighted by Gasteiger charge is -2.30. The Hall–Kier alpha value is 0.290. The van der Waals surface area contributed by atoms with Crippen LogP contribution in [0.3, 0.4) is 0 Å². The molecule has 0 amide bonds. The zero-order valence-corrected chi connectivity index (χ0v) is 11.4. The molecule has 16 heavy (non-hydrogen) atoms. The van der Waals surface area contributed by atoms with E-state index in [2.05, 4.69) is 0 Å². The van der Waals surface area contributed by atoms with Crippen molar-refractivity contribution >= 4 is 56.5 Å². The highest BCUT2D eigenvalue weighted by atomic mass is 35.6. The van der Waals surface area contributed by atoms with Crippen LogP contribution in [0.2, 0.25) is 0 Å². The Balaban J connectivity index is 3.52. The molecule has 90 valence electrons. The molecule has 3 nitrogen and oxygen atoms in total. The second-order valence-corrected chi connectivity index (χ2v) is 7.57. The van der Waals surface area contributed by atoms with Crippen LogP contribution >= 0.6 is 46.4 Å². The molecule has 0 aliphatic heterocycles. The minimum absolute atomic E-state index is 0.0285. The predicted molar refractivity (Wildman–Crippen MR) is 65.8 cm³/mol. The minimum Gasteiger partial charge on any atom is -0.284 e. The fourth-order valence-electron chi connectivity index (χ4n) is 1.11. The van der Waals surface area contributed by atoms with Gasteiger partial charge in [0.1, 0.15) is 0 Å². The Morgan fingerprint density at radius 1 is 1.00 bits per heavy atom. The van der Waals surface area contributed by atoms with Crippen molar-refractivity contribution in [3.63, 3.8) is 0 Å². The van der Waals surface area contributed by atoms with Gasteiger partial charge in [-0.05, 0) is 5.56 Å². The lowest BCUT2D eigenvalue weighted by atomic mass is 10.1. The summed E-state index contributed by atoms with van der Waals surface area (Å²) >= 11 is 22.3. The smallest absolute Gasteiger partial charge is 0.284 e. The topological polar surface area (TPSA) is 54.4 Å². The van der Waals surface area contributed by atoms with Gasteiger partial charge in [0.25, 0.3) is 10.1 Å². The molecule has 1 rings (SSSR count). The van der Waals surface area contributed by atoms with Gasteiger partial charge in [-0.25, -0.2) is 0 Å². The molecule has 1 N–H and O–H groups in total. The number of hydrogen-bond donors (Lipinski definition) is 1. The lowest BCUT2D eigenvalue weighted by molar-refractivity contribution is 0.460. The van der Waals surface area contributed by atoms with Crippen molar-refractivity contribution < 1.29 is 13.0 Å². The van der Waals surface area contributed by atoms with Crippen LogP contribution in [0, 0.1) is 0 Å². The Morgan fingerprint density at radius 2 is 1.44 bits per heavy atom. The van der Waals surface area contributed by atoms with Gasteiger partial charge in [-0.3, -0.25) is 4.55 Å². The van der Waals surface area contributed by atoms with Crippen molar-refractivity contribution in [1.82, 2.24) is 0 Å². The van der Waals surface area contributed by atoms with E-state index in [1.165, 1.54) is 24.3 Å². The second-order valence-electron chi connectivity index (χ2n) is 2.93. The molecule has 0 heterocycles. The summed E-state index contributed by atoms with van der Waals surface area (Å²) in [5.74, 6) is 0. The summed E-state index contributed by atoms with van der Waals surface area (Å²) in [4.78, 5) is 0. The molecule has 0 radical (unpaired) electrons. The van der Waals surface area contributed by atoms with Gasteiger partial charge in [0.05, 0.1) is 0 Å². The van der Waals surface area contributed by atoms with Crippen LogP contribution in [0.5, 0.6) is 0 Å². The number of hydrogen-bond acceptors (Lipinski definition) is 2. The predicted octanol–water partition coefficient (Wildman–Crippen LogP) is 3.34. The van der Waals surface area contributed by atoms with Crippen LogP contribution in [-0.2, 0) is 14.3 Å². The summed E-state index contributed by atoms with van der Waals surface area (Å²) in [6.07, 6.45) is 0. The molecule has 0 saturated heterocycles. The van der Waals surface area contributed by atoms with Gasteiger partial charge in [-0.2, -0.15) is 8.42 Å². The monoisotopic (exact) mass is 322 g/mol. The van der Waals surface area contributed by atoms with E-state index in [1.807, 2.05) is 0 Å². The zero-order chi connectivity index (χ0) is 12.6. The normalized spacial score (nSPS) is 16.8. The Morgan fingerprint density at radius 3 is 1.75 bits per heavy atom.